The number of hydrogen-bond acceptors (Lipinski definition) is 3. The van der Waals surface area contributed by atoms with Crippen LogP contribution in [-0.4, -0.2) is 56.2 Å². The van der Waals surface area contributed by atoms with Crippen molar-refractivity contribution < 1.29 is 17.1 Å². The van der Waals surface area contributed by atoms with Crippen molar-refractivity contribution in [1.29, 1.82) is 0 Å². The molecule has 0 atom stereocenters. The van der Waals surface area contributed by atoms with E-state index >= 15 is 0 Å². The predicted octanol–water partition coefficient (Wildman–Crippen LogP) is -0.0162. The standard InChI is InChI=1S/C19H24N2O.ClH/c1-20-11-13-21(14-12-20)15-16-22-19-9-7-18(8-10-19)17-5-3-2-4-6-17;/h2-10H,11-16H2,1H3;1H/p-1. The van der Waals surface area contributed by atoms with Crippen LogP contribution in [0.4, 0.5) is 0 Å². The van der Waals surface area contributed by atoms with E-state index in [4.69, 9.17) is 4.74 Å². The Balaban J connectivity index is 0.00000192. The molecule has 2 aromatic carbocycles. The zero-order chi connectivity index (χ0) is 15.2. The third kappa shape index (κ3) is 5.24. The zero-order valence-electron chi connectivity index (χ0n) is 13.6. The highest BCUT2D eigenvalue weighted by Gasteiger charge is 2.13. The van der Waals surface area contributed by atoms with E-state index in [1.54, 1.807) is 0 Å². The maximum Gasteiger partial charge on any atom is 0.119 e. The van der Waals surface area contributed by atoms with Gasteiger partial charge in [-0.2, -0.15) is 0 Å². The number of rotatable bonds is 5. The van der Waals surface area contributed by atoms with Crippen molar-refractivity contribution in [2.24, 2.45) is 0 Å². The Labute approximate surface area is 145 Å². The van der Waals surface area contributed by atoms with Crippen LogP contribution in [0.1, 0.15) is 0 Å². The summed E-state index contributed by atoms with van der Waals surface area (Å²) in [6, 6.07) is 18.8. The second-order valence-corrected chi connectivity index (χ2v) is 5.88. The molecule has 0 aliphatic carbocycles. The lowest BCUT2D eigenvalue weighted by molar-refractivity contribution is -0.00000493. The van der Waals surface area contributed by atoms with Crippen LogP contribution in [0.2, 0.25) is 0 Å². The van der Waals surface area contributed by atoms with Crippen LogP contribution < -0.4 is 17.1 Å². The lowest BCUT2D eigenvalue weighted by atomic mass is 10.1. The van der Waals surface area contributed by atoms with E-state index in [1.165, 1.54) is 11.1 Å². The van der Waals surface area contributed by atoms with Crippen LogP contribution in [0, 0.1) is 0 Å². The van der Waals surface area contributed by atoms with E-state index in [-0.39, 0.29) is 12.4 Å². The summed E-state index contributed by atoms with van der Waals surface area (Å²) in [4.78, 5) is 4.85. The Hall–Kier alpha value is -1.55. The molecule has 4 heteroatoms. The fourth-order valence-electron chi connectivity index (χ4n) is 2.74. The Morgan fingerprint density at radius 2 is 1.43 bits per heavy atom. The summed E-state index contributed by atoms with van der Waals surface area (Å²) in [7, 11) is 2.18. The lowest BCUT2D eigenvalue weighted by Gasteiger charge is -2.32. The van der Waals surface area contributed by atoms with Gasteiger partial charge in [0.25, 0.3) is 0 Å². The second-order valence-electron chi connectivity index (χ2n) is 5.88. The third-order valence-electron chi connectivity index (χ3n) is 4.23. The van der Waals surface area contributed by atoms with Gasteiger partial charge in [-0.1, -0.05) is 42.5 Å². The van der Waals surface area contributed by atoms with Crippen LogP contribution >= 0.6 is 0 Å². The van der Waals surface area contributed by atoms with Crippen molar-refractivity contribution in [2.75, 3.05) is 46.4 Å². The molecule has 0 saturated carbocycles. The van der Waals surface area contributed by atoms with Crippen LogP contribution in [0.25, 0.3) is 11.1 Å². The van der Waals surface area contributed by atoms with Crippen LogP contribution in [0.15, 0.2) is 54.6 Å². The minimum atomic E-state index is 0. The molecular weight excluding hydrogens is 308 g/mol. The summed E-state index contributed by atoms with van der Waals surface area (Å²) in [5.74, 6) is 0.953. The largest absolute Gasteiger partial charge is 1.00 e. The molecule has 23 heavy (non-hydrogen) atoms. The van der Waals surface area contributed by atoms with Gasteiger partial charge in [-0.25, -0.2) is 0 Å². The smallest absolute Gasteiger partial charge is 0.119 e. The van der Waals surface area contributed by atoms with Gasteiger partial charge < -0.3 is 22.0 Å². The van der Waals surface area contributed by atoms with Crippen LogP contribution in [0.5, 0.6) is 5.75 Å². The summed E-state index contributed by atoms with van der Waals surface area (Å²) in [5, 5.41) is 0. The van der Waals surface area contributed by atoms with E-state index < -0.39 is 0 Å². The van der Waals surface area contributed by atoms with Gasteiger partial charge in [-0.3, -0.25) is 4.90 Å². The van der Waals surface area contributed by atoms with Gasteiger partial charge >= 0.3 is 0 Å². The average Bonchev–Trinajstić information content (AvgIpc) is 2.58. The first-order valence-electron chi connectivity index (χ1n) is 8.00. The molecule has 0 unspecified atom stereocenters. The summed E-state index contributed by atoms with van der Waals surface area (Å²) < 4.78 is 5.87. The van der Waals surface area contributed by atoms with Crippen LogP contribution in [0.3, 0.4) is 0 Å². The zero-order valence-corrected chi connectivity index (χ0v) is 14.4. The topological polar surface area (TPSA) is 15.7 Å². The molecule has 1 aliphatic heterocycles. The number of benzene rings is 2. The van der Waals surface area contributed by atoms with Crippen molar-refractivity contribution in [3.8, 4) is 16.9 Å². The SMILES string of the molecule is CN1CCN(CCOc2ccc(-c3ccccc3)cc2)CC1.[Cl-]. The molecular formula is C19H24ClN2O-. The van der Waals surface area contributed by atoms with Crippen LogP contribution in [-0.2, 0) is 0 Å². The first-order chi connectivity index (χ1) is 10.8. The van der Waals surface area contributed by atoms with Crippen molar-refractivity contribution in [3.05, 3.63) is 54.6 Å². The van der Waals surface area contributed by atoms with Gasteiger partial charge in [-0.15, -0.1) is 0 Å². The molecule has 124 valence electrons. The number of likely N-dealkylation sites (N-methyl/N-ethyl adjacent to an activating group) is 1. The van der Waals surface area contributed by atoms with E-state index in [2.05, 4.69) is 65.4 Å². The molecule has 0 spiro atoms. The number of ether oxygens (including phenoxy) is 1. The van der Waals surface area contributed by atoms with Crippen molar-refractivity contribution >= 4 is 0 Å². The highest BCUT2D eigenvalue weighted by atomic mass is 35.5. The molecule has 1 aliphatic rings. The number of piperazine rings is 1. The van der Waals surface area contributed by atoms with Crippen molar-refractivity contribution in [2.45, 2.75) is 0 Å². The molecule has 2 aromatic rings. The molecule has 0 radical (unpaired) electrons. The number of nitrogens with zero attached hydrogens (tertiary/aromatic N) is 2. The highest BCUT2D eigenvalue weighted by Crippen LogP contribution is 2.21. The van der Waals surface area contributed by atoms with Gasteiger partial charge in [0.2, 0.25) is 0 Å². The number of halogens is 1. The normalized spacial score (nSPS) is 15.9. The first kappa shape index (κ1) is 17.8. The molecule has 0 bridgehead atoms. The Morgan fingerprint density at radius 3 is 2.09 bits per heavy atom. The molecule has 3 nitrogen and oxygen atoms in total. The molecule has 1 saturated heterocycles. The highest BCUT2D eigenvalue weighted by molar-refractivity contribution is 5.63. The lowest BCUT2D eigenvalue weighted by Crippen LogP contribution is -3.00. The maximum absolute atomic E-state index is 5.87. The average molecular weight is 332 g/mol. The fourth-order valence-corrected chi connectivity index (χ4v) is 2.74. The van der Waals surface area contributed by atoms with E-state index in [9.17, 15) is 0 Å². The maximum atomic E-state index is 5.87. The summed E-state index contributed by atoms with van der Waals surface area (Å²) in [5.41, 5.74) is 2.47. The van der Waals surface area contributed by atoms with E-state index in [1.807, 2.05) is 6.07 Å². The minimum absolute atomic E-state index is 0. The predicted molar refractivity (Wildman–Crippen MR) is 91.3 cm³/mol. The molecule has 0 amide bonds. The molecule has 3 rings (SSSR count). The van der Waals surface area contributed by atoms with E-state index in [0.717, 1.165) is 45.1 Å². The Morgan fingerprint density at radius 1 is 0.826 bits per heavy atom. The van der Waals surface area contributed by atoms with E-state index in [0.29, 0.717) is 0 Å². The van der Waals surface area contributed by atoms with Gasteiger partial charge in [0.05, 0.1) is 0 Å². The van der Waals surface area contributed by atoms with Gasteiger partial charge in [0.1, 0.15) is 12.4 Å². The molecule has 0 aromatic heterocycles. The molecule has 0 N–H and O–H groups in total. The summed E-state index contributed by atoms with van der Waals surface area (Å²) in [6.45, 7) is 6.37. The molecule has 1 fully saturated rings. The van der Waals surface area contributed by atoms with Crippen molar-refractivity contribution in [1.82, 2.24) is 9.80 Å². The monoisotopic (exact) mass is 331 g/mol. The van der Waals surface area contributed by atoms with Gasteiger partial charge in [-0.05, 0) is 30.3 Å². The second kappa shape index (κ2) is 8.92. The third-order valence-corrected chi connectivity index (χ3v) is 4.23. The minimum Gasteiger partial charge on any atom is -1.00 e. The Kier molecular flexibility index (Phi) is 6.90. The van der Waals surface area contributed by atoms with Gasteiger partial charge in [0.15, 0.2) is 0 Å². The summed E-state index contributed by atoms with van der Waals surface area (Å²) >= 11 is 0. The molecule has 1 heterocycles. The van der Waals surface area contributed by atoms with Crippen molar-refractivity contribution in [3.63, 3.8) is 0 Å². The quantitative estimate of drug-likeness (QED) is 0.766. The number of hydrogen-bond donors (Lipinski definition) is 0. The summed E-state index contributed by atoms with van der Waals surface area (Å²) in [6.07, 6.45) is 0. The Bertz CT molecular complexity index is 566. The fraction of sp³-hybridized carbons (Fsp3) is 0.368. The van der Waals surface area contributed by atoms with Gasteiger partial charge in [0, 0.05) is 32.7 Å². The first-order valence-corrected chi connectivity index (χ1v) is 8.00.